The lowest BCUT2D eigenvalue weighted by Gasteiger charge is -2.01. The summed E-state index contributed by atoms with van der Waals surface area (Å²) >= 11 is 4.96. The van der Waals surface area contributed by atoms with E-state index in [1.54, 1.807) is 18.2 Å². The summed E-state index contributed by atoms with van der Waals surface area (Å²) in [7, 11) is 0. The predicted octanol–water partition coefficient (Wildman–Crippen LogP) is 2.68. The molecule has 57 valence electrons. The van der Waals surface area contributed by atoms with Gasteiger partial charge in [0.1, 0.15) is 5.75 Å². The molecule has 1 radical (unpaired) electrons. The van der Waals surface area contributed by atoms with Crippen LogP contribution in [0.2, 0.25) is 0 Å². The van der Waals surface area contributed by atoms with Crippen LogP contribution in [0.5, 0.6) is 5.75 Å². The Kier molecular flexibility index (Phi) is 2.49. The summed E-state index contributed by atoms with van der Waals surface area (Å²) in [6, 6.07) is 5.27. The molecule has 2 heteroatoms. The zero-order valence-electron chi connectivity index (χ0n) is 6.08. The molecule has 1 N–H and O–H groups in total. The summed E-state index contributed by atoms with van der Waals surface area (Å²) in [5.74, 6) is 0.180. The molecule has 0 fully saturated rings. The lowest BCUT2D eigenvalue weighted by molar-refractivity contribution is 0.461. The van der Waals surface area contributed by atoms with Gasteiger partial charge >= 0.3 is 0 Å². The largest absolute Gasteiger partial charge is 0.506 e. The van der Waals surface area contributed by atoms with Crippen LogP contribution in [0.15, 0.2) is 35.7 Å². The lowest BCUT2D eigenvalue weighted by atomic mass is 10.1. The quantitative estimate of drug-likeness (QED) is 0.668. The SMILES string of the molecule is C=CCc1cccc(O)c1[S]. The Bertz CT molecular complexity index is 268. The molecule has 11 heavy (non-hydrogen) atoms. The Morgan fingerprint density at radius 2 is 2.27 bits per heavy atom. The van der Waals surface area contributed by atoms with Gasteiger partial charge in [0.25, 0.3) is 0 Å². The van der Waals surface area contributed by atoms with E-state index in [0.29, 0.717) is 11.3 Å². The average Bonchev–Trinajstić information content (AvgIpc) is 1.99. The number of phenols is 1. The van der Waals surface area contributed by atoms with Crippen LogP contribution in [0.4, 0.5) is 0 Å². The van der Waals surface area contributed by atoms with Crippen LogP contribution in [0.1, 0.15) is 5.56 Å². The van der Waals surface area contributed by atoms with E-state index in [0.717, 1.165) is 5.56 Å². The molecule has 0 heterocycles. The van der Waals surface area contributed by atoms with Crippen molar-refractivity contribution in [3.8, 4) is 5.75 Å². The number of benzene rings is 1. The molecule has 1 aromatic carbocycles. The van der Waals surface area contributed by atoms with Crippen LogP contribution in [-0.2, 0) is 6.42 Å². The highest BCUT2D eigenvalue weighted by Crippen LogP contribution is 2.24. The highest BCUT2D eigenvalue weighted by molar-refractivity contribution is 7.80. The van der Waals surface area contributed by atoms with Crippen molar-refractivity contribution in [1.29, 1.82) is 0 Å². The third-order valence-electron chi connectivity index (χ3n) is 1.44. The molecule has 0 aliphatic rings. The fourth-order valence-corrected chi connectivity index (χ4v) is 1.11. The van der Waals surface area contributed by atoms with E-state index in [4.69, 9.17) is 12.6 Å². The zero-order valence-corrected chi connectivity index (χ0v) is 6.90. The molecule has 1 aromatic rings. The normalized spacial score (nSPS) is 9.45. The van der Waals surface area contributed by atoms with Gasteiger partial charge in [-0.05, 0) is 18.1 Å². The van der Waals surface area contributed by atoms with Gasteiger partial charge in [-0.2, -0.15) is 0 Å². The van der Waals surface area contributed by atoms with Gasteiger partial charge in [-0.3, -0.25) is 0 Å². The van der Waals surface area contributed by atoms with Gasteiger partial charge in [0.15, 0.2) is 0 Å². The third kappa shape index (κ3) is 1.71. The number of rotatable bonds is 2. The smallest absolute Gasteiger partial charge is 0.133 e. The molecule has 0 saturated carbocycles. The maximum atomic E-state index is 9.19. The number of phenolic OH excluding ortho intramolecular Hbond substituents is 1. The molecule has 0 unspecified atom stereocenters. The van der Waals surface area contributed by atoms with E-state index < -0.39 is 0 Å². The molecule has 0 aromatic heterocycles. The van der Waals surface area contributed by atoms with Crippen LogP contribution >= 0.6 is 12.6 Å². The molecule has 0 aliphatic carbocycles. The van der Waals surface area contributed by atoms with Crippen molar-refractivity contribution in [3.63, 3.8) is 0 Å². The van der Waals surface area contributed by atoms with Crippen molar-refractivity contribution in [1.82, 2.24) is 0 Å². The summed E-state index contributed by atoms with van der Waals surface area (Å²) in [4.78, 5) is 0.535. The molecule has 0 atom stereocenters. The van der Waals surface area contributed by atoms with E-state index in [2.05, 4.69) is 6.58 Å². The minimum atomic E-state index is 0.180. The van der Waals surface area contributed by atoms with E-state index in [1.807, 2.05) is 6.07 Å². The van der Waals surface area contributed by atoms with Crippen molar-refractivity contribution < 1.29 is 5.11 Å². The molecular formula is C9H9OS. The molecule has 0 spiro atoms. The van der Waals surface area contributed by atoms with E-state index in [9.17, 15) is 5.11 Å². The van der Waals surface area contributed by atoms with E-state index in [-0.39, 0.29) is 5.75 Å². The van der Waals surface area contributed by atoms with Gasteiger partial charge in [0.2, 0.25) is 0 Å². The fraction of sp³-hybridized carbons (Fsp3) is 0.111. The van der Waals surface area contributed by atoms with Gasteiger partial charge in [0.05, 0.1) is 4.90 Å². The first-order valence-electron chi connectivity index (χ1n) is 3.34. The molecule has 1 nitrogen and oxygen atoms in total. The van der Waals surface area contributed by atoms with Crippen LogP contribution in [-0.4, -0.2) is 5.11 Å². The summed E-state index contributed by atoms with van der Waals surface area (Å²) in [6.45, 7) is 3.60. The molecular weight excluding hydrogens is 156 g/mol. The first-order chi connectivity index (χ1) is 5.25. The Hall–Kier alpha value is -1.02. The van der Waals surface area contributed by atoms with Crippen molar-refractivity contribution >= 4 is 12.6 Å². The number of hydrogen-bond acceptors (Lipinski definition) is 1. The minimum Gasteiger partial charge on any atom is -0.506 e. The second-order valence-corrected chi connectivity index (χ2v) is 2.67. The van der Waals surface area contributed by atoms with Crippen molar-refractivity contribution in [3.05, 3.63) is 36.4 Å². The number of allylic oxidation sites excluding steroid dienone is 1. The monoisotopic (exact) mass is 165 g/mol. The molecule has 0 aliphatic heterocycles. The highest BCUT2D eigenvalue weighted by Gasteiger charge is 2.01. The Balaban J connectivity index is 3.05. The Morgan fingerprint density at radius 1 is 1.55 bits per heavy atom. The van der Waals surface area contributed by atoms with Gasteiger partial charge < -0.3 is 5.11 Å². The third-order valence-corrected chi connectivity index (χ3v) is 1.91. The second-order valence-electron chi connectivity index (χ2n) is 2.26. The van der Waals surface area contributed by atoms with Crippen LogP contribution < -0.4 is 0 Å². The van der Waals surface area contributed by atoms with Crippen LogP contribution in [0, 0.1) is 0 Å². The standard InChI is InChI=1S/C9H9OS/c1-2-4-7-5-3-6-8(10)9(7)11/h2-3,5-6,10H,1,4H2. The van der Waals surface area contributed by atoms with E-state index >= 15 is 0 Å². The van der Waals surface area contributed by atoms with Crippen LogP contribution in [0.25, 0.3) is 0 Å². The van der Waals surface area contributed by atoms with Gasteiger partial charge in [-0.25, -0.2) is 0 Å². The number of hydrogen-bond donors (Lipinski definition) is 1. The Morgan fingerprint density at radius 3 is 2.91 bits per heavy atom. The first-order valence-corrected chi connectivity index (χ1v) is 3.75. The maximum absolute atomic E-state index is 9.19. The minimum absolute atomic E-state index is 0.180. The highest BCUT2D eigenvalue weighted by atomic mass is 32.1. The molecule has 0 amide bonds. The topological polar surface area (TPSA) is 20.2 Å². The van der Waals surface area contributed by atoms with Gasteiger partial charge in [-0.15, -0.1) is 6.58 Å². The summed E-state index contributed by atoms with van der Waals surface area (Å²) in [6.07, 6.45) is 2.48. The molecule has 0 saturated heterocycles. The van der Waals surface area contributed by atoms with Crippen molar-refractivity contribution in [2.75, 3.05) is 0 Å². The second kappa shape index (κ2) is 3.39. The van der Waals surface area contributed by atoms with Crippen molar-refractivity contribution in [2.45, 2.75) is 11.3 Å². The fourth-order valence-electron chi connectivity index (χ4n) is 0.888. The summed E-state index contributed by atoms with van der Waals surface area (Å²) in [5.41, 5.74) is 0.954. The summed E-state index contributed by atoms with van der Waals surface area (Å²) < 4.78 is 0. The predicted molar refractivity (Wildman–Crippen MR) is 47.9 cm³/mol. The lowest BCUT2D eigenvalue weighted by Crippen LogP contribution is -1.82. The maximum Gasteiger partial charge on any atom is 0.133 e. The average molecular weight is 165 g/mol. The van der Waals surface area contributed by atoms with Gasteiger partial charge in [0, 0.05) is 0 Å². The van der Waals surface area contributed by atoms with Gasteiger partial charge in [-0.1, -0.05) is 30.8 Å². The molecule has 1 rings (SSSR count). The van der Waals surface area contributed by atoms with E-state index in [1.165, 1.54) is 0 Å². The first kappa shape index (κ1) is 8.08. The van der Waals surface area contributed by atoms with Crippen LogP contribution in [0.3, 0.4) is 0 Å². The Labute approximate surface area is 71.8 Å². The summed E-state index contributed by atoms with van der Waals surface area (Å²) in [5, 5.41) is 9.19. The number of aromatic hydroxyl groups is 1. The molecule has 0 bridgehead atoms. The zero-order chi connectivity index (χ0) is 8.27. The van der Waals surface area contributed by atoms with Crippen molar-refractivity contribution in [2.24, 2.45) is 0 Å².